The van der Waals surface area contributed by atoms with Crippen LogP contribution in [0.5, 0.6) is 0 Å². The van der Waals surface area contributed by atoms with Crippen molar-refractivity contribution in [2.75, 3.05) is 0 Å². The third-order valence-corrected chi connectivity index (χ3v) is 3.29. The maximum absolute atomic E-state index is 3.49. The molecule has 0 fully saturated rings. The Morgan fingerprint density at radius 3 is 3.07 bits per heavy atom. The topological polar surface area (TPSA) is 15.8 Å². The van der Waals surface area contributed by atoms with Crippen LogP contribution < -0.4 is 0 Å². The molecule has 1 aromatic heterocycles. The van der Waals surface area contributed by atoms with Gasteiger partial charge in [-0.3, -0.25) is 0 Å². The first-order chi connectivity index (χ1) is 7.34. The van der Waals surface area contributed by atoms with E-state index >= 15 is 0 Å². The van der Waals surface area contributed by atoms with Gasteiger partial charge in [-0.15, -0.1) is 0 Å². The van der Waals surface area contributed by atoms with Crippen molar-refractivity contribution >= 4 is 17.0 Å². The molecule has 0 radical (unpaired) electrons. The summed E-state index contributed by atoms with van der Waals surface area (Å²) in [4.78, 5) is 3.49. The van der Waals surface area contributed by atoms with Crippen LogP contribution in [0, 0.1) is 5.92 Å². The van der Waals surface area contributed by atoms with E-state index in [4.69, 9.17) is 0 Å². The Kier molecular flexibility index (Phi) is 1.91. The fourth-order valence-electron chi connectivity index (χ4n) is 2.36. The van der Waals surface area contributed by atoms with Gasteiger partial charge in [0.05, 0.1) is 0 Å². The highest BCUT2D eigenvalue weighted by Crippen LogP contribution is 2.28. The van der Waals surface area contributed by atoms with E-state index in [0.717, 1.165) is 0 Å². The van der Waals surface area contributed by atoms with Crippen LogP contribution in [0.3, 0.4) is 0 Å². The van der Waals surface area contributed by atoms with Gasteiger partial charge in [-0.05, 0) is 36.5 Å². The summed E-state index contributed by atoms with van der Waals surface area (Å²) < 4.78 is 0. The van der Waals surface area contributed by atoms with Gasteiger partial charge in [0.25, 0.3) is 0 Å². The first kappa shape index (κ1) is 8.78. The quantitative estimate of drug-likeness (QED) is 0.661. The summed E-state index contributed by atoms with van der Waals surface area (Å²) in [5.41, 5.74) is 4.06. The van der Waals surface area contributed by atoms with E-state index in [1.807, 2.05) is 0 Å². The van der Waals surface area contributed by atoms with E-state index in [1.54, 1.807) is 0 Å². The van der Waals surface area contributed by atoms with Crippen molar-refractivity contribution in [3.05, 3.63) is 41.6 Å². The molecule has 0 bridgehead atoms. The molecule has 1 aliphatic carbocycles. The lowest BCUT2D eigenvalue weighted by Gasteiger charge is -2.02. The molecule has 0 unspecified atom stereocenters. The van der Waals surface area contributed by atoms with Gasteiger partial charge in [0, 0.05) is 16.6 Å². The van der Waals surface area contributed by atoms with Crippen molar-refractivity contribution in [1.29, 1.82) is 0 Å². The van der Waals surface area contributed by atoms with E-state index in [-0.39, 0.29) is 0 Å². The Hall–Kier alpha value is -1.50. The average Bonchev–Trinajstić information content (AvgIpc) is 2.51. The second-order valence-corrected chi connectivity index (χ2v) is 4.44. The van der Waals surface area contributed by atoms with E-state index in [1.165, 1.54) is 35.0 Å². The molecule has 76 valence electrons. The number of allylic oxidation sites excluding steroid dienone is 1. The third-order valence-electron chi connectivity index (χ3n) is 3.29. The van der Waals surface area contributed by atoms with E-state index in [2.05, 4.69) is 48.3 Å². The molecular formula is C14H15N. The van der Waals surface area contributed by atoms with Crippen LogP contribution >= 0.6 is 0 Å². The normalized spacial score (nSPS) is 20.2. The number of aromatic amines is 1. The predicted molar refractivity (Wildman–Crippen MR) is 64.8 cm³/mol. The number of rotatable bonds is 0. The minimum absolute atomic E-state index is 0.699. The number of aryl methyl sites for hydroxylation is 1. The number of nitrogens with one attached hydrogen (secondary N) is 1. The van der Waals surface area contributed by atoms with Crippen LogP contribution in [-0.4, -0.2) is 4.98 Å². The summed E-state index contributed by atoms with van der Waals surface area (Å²) in [6.07, 6.45) is 6.99. The largest absolute Gasteiger partial charge is 0.355 e. The zero-order chi connectivity index (χ0) is 10.3. The van der Waals surface area contributed by atoms with Gasteiger partial charge in [-0.25, -0.2) is 0 Å². The summed E-state index contributed by atoms with van der Waals surface area (Å²) in [5, 5.41) is 1.39. The maximum Gasteiger partial charge on any atom is 0.0461 e. The van der Waals surface area contributed by atoms with Crippen LogP contribution in [0.2, 0.25) is 0 Å². The SMILES string of the molecule is C[C@H]1C=Cc2[nH]c3ccccc3c2CC1. The number of aromatic nitrogens is 1. The van der Waals surface area contributed by atoms with Crippen LogP contribution in [-0.2, 0) is 6.42 Å². The predicted octanol–water partition coefficient (Wildman–Crippen LogP) is 3.76. The minimum Gasteiger partial charge on any atom is -0.355 e. The van der Waals surface area contributed by atoms with Gasteiger partial charge in [0.1, 0.15) is 0 Å². The lowest BCUT2D eigenvalue weighted by molar-refractivity contribution is 0.656. The molecule has 0 aliphatic heterocycles. The Labute approximate surface area is 89.8 Å². The smallest absolute Gasteiger partial charge is 0.0461 e. The highest BCUT2D eigenvalue weighted by Gasteiger charge is 2.12. The maximum atomic E-state index is 3.49. The van der Waals surface area contributed by atoms with Crippen LogP contribution in [0.25, 0.3) is 17.0 Å². The van der Waals surface area contributed by atoms with Gasteiger partial charge in [-0.1, -0.05) is 31.2 Å². The molecule has 1 heterocycles. The molecule has 1 aliphatic rings. The zero-order valence-corrected chi connectivity index (χ0v) is 8.96. The molecule has 1 nitrogen and oxygen atoms in total. The van der Waals surface area contributed by atoms with Crippen LogP contribution in [0.4, 0.5) is 0 Å². The number of H-pyrrole nitrogens is 1. The van der Waals surface area contributed by atoms with Gasteiger partial charge >= 0.3 is 0 Å². The number of hydrogen-bond acceptors (Lipinski definition) is 0. The monoisotopic (exact) mass is 197 g/mol. The van der Waals surface area contributed by atoms with Crippen LogP contribution in [0.15, 0.2) is 30.3 Å². The van der Waals surface area contributed by atoms with Gasteiger partial charge in [0.15, 0.2) is 0 Å². The number of fused-ring (bicyclic) bond motifs is 3. The van der Waals surface area contributed by atoms with Gasteiger partial charge in [0.2, 0.25) is 0 Å². The fraction of sp³-hybridized carbons (Fsp3) is 0.286. The Balaban J connectivity index is 2.24. The molecule has 1 atom stereocenters. The first-order valence-electron chi connectivity index (χ1n) is 5.62. The molecule has 0 amide bonds. The lowest BCUT2D eigenvalue weighted by atomic mass is 10.0. The summed E-state index contributed by atoms with van der Waals surface area (Å²) >= 11 is 0. The molecule has 1 aromatic carbocycles. The lowest BCUT2D eigenvalue weighted by Crippen LogP contribution is -1.90. The average molecular weight is 197 g/mol. The van der Waals surface area contributed by atoms with E-state index in [9.17, 15) is 0 Å². The van der Waals surface area contributed by atoms with E-state index in [0.29, 0.717) is 5.92 Å². The summed E-state index contributed by atoms with van der Waals surface area (Å²) in [6.45, 7) is 2.28. The molecule has 3 rings (SSSR count). The van der Waals surface area contributed by atoms with Crippen molar-refractivity contribution in [2.24, 2.45) is 5.92 Å². The molecule has 1 N–H and O–H groups in total. The van der Waals surface area contributed by atoms with Gasteiger partial charge in [-0.2, -0.15) is 0 Å². The van der Waals surface area contributed by atoms with E-state index < -0.39 is 0 Å². The third kappa shape index (κ3) is 1.39. The van der Waals surface area contributed by atoms with Crippen LogP contribution in [0.1, 0.15) is 24.6 Å². The van der Waals surface area contributed by atoms with Crippen molar-refractivity contribution in [3.63, 3.8) is 0 Å². The van der Waals surface area contributed by atoms with Crippen molar-refractivity contribution in [3.8, 4) is 0 Å². The molecule has 0 saturated carbocycles. The first-order valence-corrected chi connectivity index (χ1v) is 5.62. The summed E-state index contributed by atoms with van der Waals surface area (Å²) in [6, 6.07) is 8.58. The fourth-order valence-corrected chi connectivity index (χ4v) is 2.36. The molecule has 0 spiro atoms. The molecule has 2 aromatic rings. The second-order valence-electron chi connectivity index (χ2n) is 4.44. The van der Waals surface area contributed by atoms with Crippen molar-refractivity contribution < 1.29 is 0 Å². The summed E-state index contributed by atoms with van der Waals surface area (Å²) in [7, 11) is 0. The number of para-hydroxylation sites is 1. The number of hydrogen-bond donors (Lipinski definition) is 1. The van der Waals surface area contributed by atoms with Crippen molar-refractivity contribution in [1.82, 2.24) is 4.98 Å². The highest BCUT2D eigenvalue weighted by atomic mass is 14.7. The minimum atomic E-state index is 0.699. The summed E-state index contributed by atoms with van der Waals surface area (Å²) in [5.74, 6) is 0.699. The standard InChI is InChI=1S/C14H15N/c1-10-6-8-12-11-4-2-3-5-13(11)15-14(12)9-7-10/h2-5,7,9-10,15H,6,8H2,1H3/t10-/m1/s1. The Bertz CT molecular complexity index is 519. The molecule has 15 heavy (non-hydrogen) atoms. The Morgan fingerprint density at radius 2 is 2.13 bits per heavy atom. The Morgan fingerprint density at radius 1 is 1.27 bits per heavy atom. The highest BCUT2D eigenvalue weighted by molar-refractivity contribution is 5.87. The molecule has 1 heteroatoms. The van der Waals surface area contributed by atoms with Gasteiger partial charge < -0.3 is 4.98 Å². The number of benzene rings is 1. The zero-order valence-electron chi connectivity index (χ0n) is 8.96. The molecular weight excluding hydrogens is 182 g/mol. The van der Waals surface area contributed by atoms with Crippen molar-refractivity contribution in [2.45, 2.75) is 19.8 Å². The second kappa shape index (κ2) is 3.27. The molecule has 0 saturated heterocycles.